The molecule has 1 aliphatic heterocycles. The van der Waals surface area contributed by atoms with E-state index in [-0.39, 0.29) is 18.8 Å². The minimum atomic E-state index is -0.660. The fraction of sp³-hybridized carbons (Fsp3) is 0.500. The van der Waals surface area contributed by atoms with Crippen LogP contribution in [0.15, 0.2) is 60.7 Å². The van der Waals surface area contributed by atoms with Gasteiger partial charge in [0.15, 0.2) is 11.5 Å². The van der Waals surface area contributed by atoms with Gasteiger partial charge >= 0.3 is 0 Å². The van der Waals surface area contributed by atoms with Crippen molar-refractivity contribution < 1.29 is 29.2 Å². The number of aliphatic hydroxyl groups excluding tert-OH is 2. The SMILES string of the molecule is COc1cc(CCO[C@@H]2CCCC[C@@H]2N2CCC(O)C2)ccc1OCCNC[C@H](O)COc1cccc2[nH]c3ccccc3c12. The third kappa shape index (κ3) is 7.91. The van der Waals surface area contributed by atoms with E-state index in [1.165, 1.54) is 12.8 Å². The van der Waals surface area contributed by atoms with Gasteiger partial charge in [0.2, 0.25) is 0 Å². The molecule has 2 fully saturated rings. The number of benzene rings is 3. The number of nitrogens with one attached hydrogen (secondary N) is 2. The highest BCUT2D eigenvalue weighted by Crippen LogP contribution is 2.33. The third-order valence-corrected chi connectivity index (χ3v) is 9.12. The van der Waals surface area contributed by atoms with Gasteiger partial charge < -0.3 is 39.5 Å². The van der Waals surface area contributed by atoms with E-state index in [4.69, 9.17) is 18.9 Å². The Kier molecular flexibility index (Phi) is 10.8. The Labute approximate surface area is 265 Å². The molecule has 1 aliphatic carbocycles. The molecule has 242 valence electrons. The molecular formula is C36H47N3O6. The zero-order valence-electron chi connectivity index (χ0n) is 26.2. The number of methoxy groups -OCH3 is 1. The molecule has 1 aromatic heterocycles. The van der Waals surface area contributed by atoms with Gasteiger partial charge in [0, 0.05) is 48.5 Å². The Morgan fingerprint density at radius 2 is 1.80 bits per heavy atom. The molecule has 0 radical (unpaired) electrons. The average molecular weight is 618 g/mol. The lowest BCUT2D eigenvalue weighted by atomic mass is 9.91. The summed E-state index contributed by atoms with van der Waals surface area (Å²) in [5, 5.41) is 25.9. The van der Waals surface area contributed by atoms with Crippen molar-refractivity contribution in [1.29, 1.82) is 0 Å². The summed E-state index contributed by atoms with van der Waals surface area (Å²) >= 11 is 0. The number of H-pyrrole nitrogens is 1. The highest BCUT2D eigenvalue weighted by atomic mass is 16.5. The second-order valence-corrected chi connectivity index (χ2v) is 12.3. The van der Waals surface area contributed by atoms with E-state index >= 15 is 0 Å². The Morgan fingerprint density at radius 1 is 0.933 bits per heavy atom. The number of β-amino-alcohol motifs (C(OH)–C–C–N with tert-alkyl or cyclic N) is 1. The van der Waals surface area contributed by atoms with Crippen LogP contribution in [-0.4, -0.2) is 97.6 Å². The normalized spacial score (nSPS) is 21.4. The number of hydrogen-bond acceptors (Lipinski definition) is 8. The van der Waals surface area contributed by atoms with Crippen LogP contribution in [0.1, 0.15) is 37.7 Å². The Bertz CT molecular complexity index is 1530. The van der Waals surface area contributed by atoms with E-state index in [0.717, 1.165) is 71.9 Å². The first-order valence-corrected chi connectivity index (χ1v) is 16.4. The molecule has 4 atom stereocenters. The lowest BCUT2D eigenvalue weighted by Gasteiger charge is -2.37. The molecule has 2 aliphatic rings. The van der Waals surface area contributed by atoms with Crippen molar-refractivity contribution in [2.45, 2.75) is 62.9 Å². The number of aliphatic hydroxyl groups is 2. The zero-order chi connectivity index (χ0) is 31.0. The second kappa shape index (κ2) is 15.3. The first-order chi connectivity index (χ1) is 22.1. The van der Waals surface area contributed by atoms with Crippen LogP contribution in [-0.2, 0) is 11.2 Å². The summed E-state index contributed by atoms with van der Waals surface area (Å²) in [5.41, 5.74) is 3.23. The van der Waals surface area contributed by atoms with Crippen molar-refractivity contribution in [3.8, 4) is 17.2 Å². The van der Waals surface area contributed by atoms with E-state index in [1.807, 2.05) is 42.5 Å². The van der Waals surface area contributed by atoms with E-state index in [2.05, 4.69) is 33.4 Å². The number of aromatic nitrogens is 1. The Hall–Kier alpha value is -3.34. The minimum Gasteiger partial charge on any atom is -0.493 e. The van der Waals surface area contributed by atoms with Crippen LogP contribution >= 0.6 is 0 Å². The van der Waals surface area contributed by atoms with Gasteiger partial charge in [-0.2, -0.15) is 0 Å². The van der Waals surface area contributed by atoms with Crippen molar-refractivity contribution in [3.63, 3.8) is 0 Å². The molecule has 0 amide bonds. The molecule has 6 rings (SSSR count). The Balaban J connectivity index is 0.910. The topological polar surface area (TPSA) is 108 Å². The van der Waals surface area contributed by atoms with Gasteiger partial charge in [-0.3, -0.25) is 4.90 Å². The lowest BCUT2D eigenvalue weighted by molar-refractivity contribution is -0.0316. The van der Waals surface area contributed by atoms with Gasteiger partial charge in [0.25, 0.3) is 0 Å². The third-order valence-electron chi connectivity index (χ3n) is 9.12. The van der Waals surface area contributed by atoms with Gasteiger partial charge in [-0.25, -0.2) is 0 Å². The van der Waals surface area contributed by atoms with Crippen LogP contribution < -0.4 is 19.5 Å². The molecule has 2 heterocycles. The highest BCUT2D eigenvalue weighted by Gasteiger charge is 2.34. The summed E-state index contributed by atoms with van der Waals surface area (Å²) in [4.78, 5) is 5.85. The molecule has 0 bridgehead atoms. The first kappa shape index (κ1) is 31.6. The summed E-state index contributed by atoms with van der Waals surface area (Å²) in [5.74, 6) is 2.16. The summed E-state index contributed by atoms with van der Waals surface area (Å²) in [6, 6.07) is 20.6. The van der Waals surface area contributed by atoms with Crippen LogP contribution in [0.2, 0.25) is 0 Å². The Morgan fingerprint density at radius 3 is 2.67 bits per heavy atom. The molecule has 4 N–H and O–H groups in total. The molecule has 1 saturated heterocycles. The first-order valence-electron chi connectivity index (χ1n) is 16.4. The van der Waals surface area contributed by atoms with Crippen molar-refractivity contribution in [2.75, 3.05) is 53.1 Å². The zero-order valence-corrected chi connectivity index (χ0v) is 26.2. The molecule has 9 nitrogen and oxygen atoms in total. The van der Waals surface area contributed by atoms with Crippen LogP contribution in [0.4, 0.5) is 0 Å². The number of likely N-dealkylation sites (tertiary alicyclic amines) is 1. The van der Waals surface area contributed by atoms with Crippen LogP contribution in [0.25, 0.3) is 21.8 Å². The van der Waals surface area contributed by atoms with Crippen molar-refractivity contribution in [3.05, 3.63) is 66.2 Å². The number of rotatable bonds is 15. The quantitative estimate of drug-likeness (QED) is 0.143. The molecule has 9 heteroatoms. The van der Waals surface area contributed by atoms with Gasteiger partial charge in [-0.15, -0.1) is 0 Å². The van der Waals surface area contributed by atoms with Crippen LogP contribution in [0.3, 0.4) is 0 Å². The number of ether oxygens (including phenoxy) is 4. The van der Waals surface area contributed by atoms with Gasteiger partial charge in [-0.1, -0.05) is 43.2 Å². The maximum absolute atomic E-state index is 10.5. The fourth-order valence-electron chi connectivity index (χ4n) is 6.81. The van der Waals surface area contributed by atoms with E-state index in [0.29, 0.717) is 43.8 Å². The molecular weight excluding hydrogens is 570 g/mol. The predicted octanol–water partition coefficient (Wildman–Crippen LogP) is 4.67. The number of aromatic amines is 1. The van der Waals surface area contributed by atoms with Gasteiger partial charge in [-0.05, 0) is 61.6 Å². The van der Waals surface area contributed by atoms with Crippen molar-refractivity contribution in [1.82, 2.24) is 15.2 Å². The molecule has 1 unspecified atom stereocenters. The highest BCUT2D eigenvalue weighted by molar-refractivity contribution is 6.10. The average Bonchev–Trinajstić information content (AvgIpc) is 3.68. The number of hydrogen-bond donors (Lipinski definition) is 4. The van der Waals surface area contributed by atoms with E-state index < -0.39 is 6.10 Å². The monoisotopic (exact) mass is 617 g/mol. The summed E-state index contributed by atoms with van der Waals surface area (Å²) < 4.78 is 24.0. The standard InChI is InChI=1S/C36H47N3O6/c1-42-35-21-25(16-19-43-32-11-5-4-10-31(32)39-18-15-26(40)23-39)13-14-33(35)44-20-17-37-22-27(41)24-45-34-12-6-9-30-36(34)28-7-2-3-8-29(28)38-30/h2-3,6-9,12-14,21,26-27,31-32,37-38,40-41H,4-5,10-11,15-20,22-24H2,1H3/t26?,27-,31-,32+/m0/s1. The van der Waals surface area contributed by atoms with Gasteiger partial charge in [0.1, 0.15) is 25.1 Å². The maximum Gasteiger partial charge on any atom is 0.161 e. The molecule has 3 aromatic carbocycles. The number of nitrogens with zero attached hydrogens (tertiary/aromatic N) is 1. The summed E-state index contributed by atoms with van der Waals surface area (Å²) in [7, 11) is 1.66. The number of para-hydroxylation sites is 1. The lowest BCUT2D eigenvalue weighted by Crippen LogP contribution is -2.46. The molecule has 45 heavy (non-hydrogen) atoms. The largest absolute Gasteiger partial charge is 0.493 e. The van der Waals surface area contributed by atoms with E-state index in [9.17, 15) is 10.2 Å². The van der Waals surface area contributed by atoms with Crippen molar-refractivity contribution in [2.24, 2.45) is 0 Å². The molecule has 0 spiro atoms. The predicted molar refractivity (Wildman–Crippen MR) is 177 cm³/mol. The minimum absolute atomic E-state index is 0.189. The smallest absolute Gasteiger partial charge is 0.161 e. The fourth-order valence-corrected chi connectivity index (χ4v) is 6.81. The van der Waals surface area contributed by atoms with Crippen LogP contribution in [0, 0.1) is 0 Å². The van der Waals surface area contributed by atoms with Crippen molar-refractivity contribution >= 4 is 21.8 Å². The van der Waals surface area contributed by atoms with Crippen LogP contribution in [0.5, 0.6) is 17.2 Å². The molecule has 4 aromatic rings. The maximum atomic E-state index is 10.5. The second-order valence-electron chi connectivity index (χ2n) is 12.3. The molecule has 1 saturated carbocycles. The summed E-state index contributed by atoms with van der Waals surface area (Å²) in [6.45, 7) is 4.00. The number of fused-ring (bicyclic) bond motifs is 3. The van der Waals surface area contributed by atoms with Gasteiger partial charge in [0.05, 0.1) is 31.4 Å². The summed E-state index contributed by atoms with van der Waals surface area (Å²) in [6.07, 6.45) is 5.75. The van der Waals surface area contributed by atoms with E-state index in [1.54, 1.807) is 7.11 Å².